The van der Waals surface area contributed by atoms with E-state index < -0.39 is 0 Å². The number of amides is 1. The van der Waals surface area contributed by atoms with Crippen molar-refractivity contribution in [2.45, 2.75) is 20.4 Å². The molecule has 0 radical (unpaired) electrons. The lowest BCUT2D eigenvalue weighted by Gasteiger charge is -2.33. The van der Waals surface area contributed by atoms with Gasteiger partial charge in [-0.3, -0.25) is 4.79 Å². The molecule has 5 rings (SSSR count). The van der Waals surface area contributed by atoms with Gasteiger partial charge in [0.25, 0.3) is 5.91 Å². The Kier molecular flexibility index (Phi) is 7.41. The number of hydrogen-bond donors (Lipinski definition) is 0. The third kappa shape index (κ3) is 5.48. The molecule has 1 saturated heterocycles. The highest BCUT2D eigenvalue weighted by Crippen LogP contribution is 2.34. The van der Waals surface area contributed by atoms with Crippen LogP contribution in [0.4, 0.5) is 10.8 Å². The van der Waals surface area contributed by atoms with Crippen molar-refractivity contribution in [3.8, 4) is 11.3 Å². The molecular formula is C28H29ClN4O2S. The quantitative estimate of drug-likeness (QED) is 0.279. The van der Waals surface area contributed by atoms with Crippen LogP contribution in [0, 0.1) is 6.92 Å². The molecule has 8 heteroatoms. The molecule has 2 aromatic heterocycles. The third-order valence-corrected chi connectivity index (χ3v) is 7.58. The van der Waals surface area contributed by atoms with Gasteiger partial charge in [-0.05, 0) is 55.4 Å². The zero-order valence-electron chi connectivity index (χ0n) is 20.5. The summed E-state index contributed by atoms with van der Waals surface area (Å²) in [5.74, 6) is 1.06. The minimum atomic E-state index is -0.0432. The summed E-state index contributed by atoms with van der Waals surface area (Å²) in [6.07, 6.45) is 0. The van der Waals surface area contributed by atoms with Crippen molar-refractivity contribution in [3.63, 3.8) is 0 Å². The number of carbonyl (C=O) groups excluding carboxylic acids is 1. The molecule has 6 nitrogen and oxygen atoms in total. The Morgan fingerprint density at radius 3 is 2.58 bits per heavy atom. The second kappa shape index (κ2) is 10.9. The number of carbonyl (C=O) groups is 1. The molecule has 0 atom stereocenters. The number of rotatable bonds is 7. The van der Waals surface area contributed by atoms with Gasteiger partial charge in [-0.1, -0.05) is 42.8 Å². The summed E-state index contributed by atoms with van der Waals surface area (Å²) >= 11 is 7.64. The Hall–Kier alpha value is -3.13. The summed E-state index contributed by atoms with van der Waals surface area (Å²) < 4.78 is 6.08. The monoisotopic (exact) mass is 520 g/mol. The van der Waals surface area contributed by atoms with Gasteiger partial charge >= 0.3 is 0 Å². The lowest BCUT2D eigenvalue weighted by atomic mass is 10.2. The van der Waals surface area contributed by atoms with Crippen LogP contribution in [0.1, 0.15) is 28.8 Å². The van der Waals surface area contributed by atoms with Gasteiger partial charge in [0.05, 0.1) is 12.2 Å². The van der Waals surface area contributed by atoms with E-state index in [9.17, 15) is 4.79 Å². The summed E-state index contributed by atoms with van der Waals surface area (Å²) in [5.41, 5.74) is 4.09. The van der Waals surface area contributed by atoms with Crippen molar-refractivity contribution in [3.05, 3.63) is 88.2 Å². The Morgan fingerprint density at radius 2 is 1.86 bits per heavy atom. The first kappa shape index (κ1) is 24.6. The zero-order valence-corrected chi connectivity index (χ0v) is 22.1. The van der Waals surface area contributed by atoms with Crippen LogP contribution >= 0.6 is 22.9 Å². The molecule has 1 aliphatic heterocycles. The Morgan fingerprint density at radius 1 is 1.08 bits per heavy atom. The van der Waals surface area contributed by atoms with Crippen LogP contribution in [0.5, 0.6) is 0 Å². The largest absolute Gasteiger partial charge is 0.454 e. The van der Waals surface area contributed by atoms with Crippen molar-refractivity contribution in [1.29, 1.82) is 0 Å². The molecule has 1 aliphatic rings. The Bertz CT molecular complexity index is 1330. The molecule has 186 valence electrons. The third-order valence-electron chi connectivity index (χ3n) is 6.47. The van der Waals surface area contributed by atoms with E-state index in [1.54, 1.807) is 17.4 Å². The molecule has 4 aromatic rings. The fourth-order valence-corrected chi connectivity index (χ4v) is 5.34. The smallest absolute Gasteiger partial charge is 0.289 e. The van der Waals surface area contributed by atoms with Crippen LogP contribution in [0.3, 0.4) is 0 Å². The number of thiazole rings is 1. The van der Waals surface area contributed by atoms with Gasteiger partial charge in [0.15, 0.2) is 10.9 Å². The van der Waals surface area contributed by atoms with Crippen molar-refractivity contribution in [2.24, 2.45) is 0 Å². The molecule has 2 aromatic carbocycles. The molecule has 3 heterocycles. The van der Waals surface area contributed by atoms with Crippen molar-refractivity contribution < 1.29 is 9.21 Å². The van der Waals surface area contributed by atoms with Gasteiger partial charge in [0, 0.05) is 47.8 Å². The second-order valence-electron chi connectivity index (χ2n) is 8.94. The van der Waals surface area contributed by atoms with E-state index in [0.717, 1.165) is 66.1 Å². The van der Waals surface area contributed by atoms with Crippen LogP contribution in [0.15, 0.2) is 70.5 Å². The molecule has 0 bridgehead atoms. The van der Waals surface area contributed by atoms with E-state index in [4.69, 9.17) is 21.0 Å². The summed E-state index contributed by atoms with van der Waals surface area (Å²) in [7, 11) is 0. The van der Waals surface area contributed by atoms with Crippen molar-refractivity contribution in [1.82, 2.24) is 14.8 Å². The maximum atomic E-state index is 13.0. The van der Waals surface area contributed by atoms with Gasteiger partial charge in [-0.15, -0.1) is 11.3 Å². The first-order chi connectivity index (χ1) is 17.5. The minimum absolute atomic E-state index is 0.0432. The number of likely N-dealkylation sites (N-methyl/N-ethyl adjacent to an activating group) is 1. The van der Waals surface area contributed by atoms with Gasteiger partial charge in [0.1, 0.15) is 5.76 Å². The normalized spacial score (nSPS) is 14.2. The molecule has 0 saturated carbocycles. The first-order valence-corrected chi connectivity index (χ1v) is 13.4. The molecule has 1 fully saturated rings. The molecule has 0 aliphatic carbocycles. The highest BCUT2D eigenvalue weighted by molar-refractivity contribution is 7.14. The average Bonchev–Trinajstić information content (AvgIpc) is 3.58. The van der Waals surface area contributed by atoms with E-state index in [0.29, 0.717) is 17.3 Å². The summed E-state index contributed by atoms with van der Waals surface area (Å²) in [4.78, 5) is 24.3. The number of halogens is 1. The lowest BCUT2D eigenvalue weighted by Crippen LogP contribution is -2.48. The number of furan rings is 1. The topological polar surface area (TPSA) is 52.8 Å². The van der Waals surface area contributed by atoms with E-state index in [1.807, 2.05) is 41.3 Å². The summed E-state index contributed by atoms with van der Waals surface area (Å²) in [6.45, 7) is 8.96. The van der Waals surface area contributed by atoms with Gasteiger partial charge < -0.3 is 19.1 Å². The highest BCUT2D eigenvalue weighted by Gasteiger charge is 2.24. The fourth-order valence-electron chi connectivity index (χ4n) is 4.36. The maximum absolute atomic E-state index is 13.0. The Labute approximate surface area is 220 Å². The van der Waals surface area contributed by atoms with E-state index in [2.05, 4.69) is 47.2 Å². The van der Waals surface area contributed by atoms with Crippen molar-refractivity contribution in [2.75, 3.05) is 37.6 Å². The van der Waals surface area contributed by atoms with Gasteiger partial charge in [-0.25, -0.2) is 4.98 Å². The average molecular weight is 521 g/mol. The maximum Gasteiger partial charge on any atom is 0.289 e. The predicted octanol–water partition coefficient (Wildman–Crippen LogP) is 6.48. The molecule has 1 amide bonds. The lowest BCUT2D eigenvalue weighted by molar-refractivity contribution is 0.0610. The van der Waals surface area contributed by atoms with E-state index in [-0.39, 0.29) is 5.91 Å². The number of nitrogens with zero attached hydrogens (tertiary/aromatic N) is 4. The summed E-state index contributed by atoms with van der Waals surface area (Å²) in [5, 5.41) is 3.60. The second-order valence-corrected chi connectivity index (χ2v) is 10.2. The molecule has 0 spiro atoms. The number of piperazine rings is 1. The number of hydrogen-bond acceptors (Lipinski definition) is 6. The molecular weight excluding hydrogens is 492 g/mol. The number of anilines is 2. The first-order valence-electron chi connectivity index (χ1n) is 12.2. The molecule has 36 heavy (non-hydrogen) atoms. The van der Waals surface area contributed by atoms with Crippen LogP contribution in [-0.2, 0) is 6.54 Å². The minimum Gasteiger partial charge on any atom is -0.454 e. The van der Waals surface area contributed by atoms with Crippen molar-refractivity contribution >= 4 is 39.7 Å². The zero-order chi connectivity index (χ0) is 25.1. The van der Waals surface area contributed by atoms with Crippen LogP contribution < -0.4 is 4.90 Å². The SMILES string of the molecule is CCN1CCN(C(=O)c2ccc(CN(c3cccc(C)c3)c3nc(-c4ccc(Cl)cc4)cs3)o2)CC1. The molecule has 0 N–H and O–H groups in total. The standard InChI is InChI=1S/C28H29ClN4O2S/c1-3-31-13-15-32(16-14-31)27(34)26-12-11-24(35-26)18-33(23-6-4-5-20(2)17-23)28-30-25(19-36-28)21-7-9-22(29)10-8-21/h4-12,17,19H,3,13-16,18H2,1-2H3. The van der Waals surface area contributed by atoms with Gasteiger partial charge in [-0.2, -0.15) is 0 Å². The predicted molar refractivity (Wildman–Crippen MR) is 146 cm³/mol. The van der Waals surface area contributed by atoms with E-state index in [1.165, 1.54) is 0 Å². The molecule has 0 unspecified atom stereocenters. The number of aryl methyl sites for hydroxylation is 1. The van der Waals surface area contributed by atoms with E-state index >= 15 is 0 Å². The van der Waals surface area contributed by atoms with Crippen LogP contribution in [0.25, 0.3) is 11.3 Å². The highest BCUT2D eigenvalue weighted by atomic mass is 35.5. The Balaban J connectivity index is 1.38. The van der Waals surface area contributed by atoms with Crippen LogP contribution in [-0.4, -0.2) is 53.4 Å². The van der Waals surface area contributed by atoms with Gasteiger partial charge in [0.2, 0.25) is 0 Å². The summed E-state index contributed by atoms with van der Waals surface area (Å²) in [6, 6.07) is 19.7. The fraction of sp³-hybridized carbons (Fsp3) is 0.286. The van der Waals surface area contributed by atoms with Crippen LogP contribution in [0.2, 0.25) is 5.02 Å². The number of aromatic nitrogens is 1. The number of benzene rings is 2.